The predicted molar refractivity (Wildman–Crippen MR) is 94.8 cm³/mol. The van der Waals surface area contributed by atoms with Gasteiger partial charge >= 0.3 is 5.97 Å². The predicted octanol–water partition coefficient (Wildman–Crippen LogP) is 3.37. The number of carbonyl (C=O) groups is 1. The molecule has 0 aliphatic carbocycles. The Morgan fingerprint density at radius 3 is 2.73 bits per heavy atom. The number of methoxy groups -OCH3 is 1. The minimum atomic E-state index is -0.362. The average molecular weight is 334 g/mol. The summed E-state index contributed by atoms with van der Waals surface area (Å²) >= 11 is 6.75. The molecule has 2 aromatic rings. The van der Waals surface area contributed by atoms with Gasteiger partial charge in [0.1, 0.15) is 5.00 Å². The van der Waals surface area contributed by atoms with E-state index in [9.17, 15) is 4.79 Å². The second kappa shape index (κ2) is 7.91. The van der Waals surface area contributed by atoms with E-state index >= 15 is 0 Å². The molecule has 1 aromatic heterocycles. The molecule has 2 rings (SSSR count). The van der Waals surface area contributed by atoms with Crippen LogP contribution in [0.25, 0.3) is 0 Å². The number of ether oxygens (including phenoxy) is 1. The van der Waals surface area contributed by atoms with Gasteiger partial charge < -0.3 is 15.4 Å². The normalized spacial score (nSPS) is 10.1. The van der Waals surface area contributed by atoms with Crippen LogP contribution >= 0.6 is 23.6 Å². The van der Waals surface area contributed by atoms with Gasteiger partial charge in [0.05, 0.1) is 12.7 Å². The Kier molecular flexibility index (Phi) is 5.91. The van der Waals surface area contributed by atoms with E-state index in [1.165, 1.54) is 24.0 Å². The molecule has 0 spiro atoms. The first-order valence-corrected chi connectivity index (χ1v) is 8.10. The van der Waals surface area contributed by atoms with Crippen LogP contribution in [0.15, 0.2) is 36.4 Å². The van der Waals surface area contributed by atoms with Gasteiger partial charge in [-0.1, -0.05) is 30.3 Å². The molecule has 0 radical (unpaired) electrons. The summed E-state index contributed by atoms with van der Waals surface area (Å²) in [5.74, 6) is -0.362. The van der Waals surface area contributed by atoms with Crippen LogP contribution in [0.2, 0.25) is 0 Å². The number of carbonyl (C=O) groups excluding carboxylic acids is 1. The molecule has 0 aliphatic heterocycles. The number of thiophene rings is 1. The van der Waals surface area contributed by atoms with Crippen molar-refractivity contribution in [2.45, 2.75) is 13.3 Å². The van der Waals surface area contributed by atoms with E-state index < -0.39 is 0 Å². The Morgan fingerprint density at radius 1 is 1.32 bits per heavy atom. The van der Waals surface area contributed by atoms with Crippen LogP contribution < -0.4 is 10.6 Å². The van der Waals surface area contributed by atoms with Crippen molar-refractivity contribution in [3.8, 4) is 0 Å². The molecule has 4 nitrogen and oxygen atoms in total. The van der Waals surface area contributed by atoms with Crippen molar-refractivity contribution in [2.75, 3.05) is 19.0 Å². The number of aryl methyl sites for hydroxylation is 1. The molecular weight excluding hydrogens is 316 g/mol. The number of anilines is 1. The fourth-order valence-electron chi connectivity index (χ4n) is 1.98. The van der Waals surface area contributed by atoms with Gasteiger partial charge in [-0.25, -0.2) is 4.79 Å². The third-order valence-corrected chi connectivity index (χ3v) is 4.24. The quantitative estimate of drug-likeness (QED) is 0.648. The fourth-order valence-corrected chi connectivity index (χ4v) is 3.15. The lowest BCUT2D eigenvalue weighted by Gasteiger charge is -2.10. The van der Waals surface area contributed by atoms with Crippen molar-refractivity contribution in [1.82, 2.24) is 5.32 Å². The Hall–Kier alpha value is -1.92. The highest BCUT2D eigenvalue weighted by Gasteiger charge is 2.16. The summed E-state index contributed by atoms with van der Waals surface area (Å²) in [5.41, 5.74) is 1.76. The Balaban J connectivity index is 1.88. The van der Waals surface area contributed by atoms with Gasteiger partial charge in [-0.15, -0.1) is 11.3 Å². The molecule has 1 heterocycles. The Bertz CT molecular complexity index is 653. The molecule has 0 bridgehead atoms. The Labute approximate surface area is 139 Å². The van der Waals surface area contributed by atoms with Crippen molar-refractivity contribution in [3.63, 3.8) is 0 Å². The average Bonchev–Trinajstić information content (AvgIpc) is 2.88. The zero-order valence-electron chi connectivity index (χ0n) is 12.5. The molecule has 0 atom stereocenters. The van der Waals surface area contributed by atoms with E-state index in [0.717, 1.165) is 17.8 Å². The summed E-state index contributed by atoms with van der Waals surface area (Å²) < 4.78 is 4.77. The Morgan fingerprint density at radius 2 is 2.05 bits per heavy atom. The molecule has 0 aliphatic rings. The first-order valence-electron chi connectivity index (χ1n) is 6.87. The van der Waals surface area contributed by atoms with Crippen molar-refractivity contribution in [3.05, 3.63) is 52.4 Å². The van der Waals surface area contributed by atoms with Crippen molar-refractivity contribution < 1.29 is 9.53 Å². The van der Waals surface area contributed by atoms with Crippen LogP contribution in [0, 0.1) is 6.92 Å². The molecule has 0 unspecified atom stereocenters. The highest BCUT2D eigenvalue weighted by molar-refractivity contribution is 7.80. The van der Waals surface area contributed by atoms with Crippen LogP contribution in [0.4, 0.5) is 5.00 Å². The van der Waals surface area contributed by atoms with Crippen LogP contribution in [0.3, 0.4) is 0 Å². The van der Waals surface area contributed by atoms with Gasteiger partial charge in [0.2, 0.25) is 0 Å². The lowest BCUT2D eigenvalue weighted by atomic mass is 10.1. The van der Waals surface area contributed by atoms with Crippen LogP contribution in [0.5, 0.6) is 0 Å². The van der Waals surface area contributed by atoms with Gasteiger partial charge in [0.25, 0.3) is 0 Å². The lowest BCUT2D eigenvalue weighted by molar-refractivity contribution is 0.0602. The monoisotopic (exact) mass is 334 g/mol. The van der Waals surface area contributed by atoms with Gasteiger partial charge in [-0.05, 0) is 37.2 Å². The summed E-state index contributed by atoms with van der Waals surface area (Å²) in [7, 11) is 1.37. The number of benzene rings is 1. The van der Waals surface area contributed by atoms with E-state index in [-0.39, 0.29) is 5.97 Å². The van der Waals surface area contributed by atoms with Gasteiger partial charge in [-0.3, -0.25) is 0 Å². The highest BCUT2D eigenvalue weighted by atomic mass is 32.1. The summed E-state index contributed by atoms with van der Waals surface area (Å²) in [6.07, 6.45) is 0.885. The zero-order chi connectivity index (χ0) is 15.9. The maximum atomic E-state index is 11.7. The van der Waals surface area contributed by atoms with Gasteiger partial charge in [0, 0.05) is 11.4 Å². The standard InChI is InChI=1S/C16H18N2O2S2/c1-11-10-13(15(19)20-2)14(22-11)18-16(21)17-9-8-12-6-4-3-5-7-12/h3-7,10H,8-9H2,1-2H3,(H2,17,18,21). The third kappa shape index (κ3) is 4.54. The number of esters is 1. The number of nitrogens with one attached hydrogen (secondary N) is 2. The number of rotatable bonds is 5. The topological polar surface area (TPSA) is 50.4 Å². The summed E-state index contributed by atoms with van der Waals surface area (Å²) in [6.45, 7) is 2.67. The highest BCUT2D eigenvalue weighted by Crippen LogP contribution is 2.28. The molecule has 116 valence electrons. The maximum Gasteiger partial charge on any atom is 0.340 e. The van der Waals surface area contributed by atoms with E-state index in [1.54, 1.807) is 6.07 Å². The second-order valence-electron chi connectivity index (χ2n) is 4.71. The third-order valence-electron chi connectivity index (χ3n) is 3.03. The smallest absolute Gasteiger partial charge is 0.340 e. The maximum absolute atomic E-state index is 11.7. The largest absolute Gasteiger partial charge is 0.465 e. The van der Waals surface area contributed by atoms with Gasteiger partial charge in [0.15, 0.2) is 5.11 Å². The lowest BCUT2D eigenvalue weighted by Crippen LogP contribution is -2.30. The molecule has 0 saturated heterocycles. The first-order chi connectivity index (χ1) is 10.6. The molecule has 22 heavy (non-hydrogen) atoms. The molecule has 6 heteroatoms. The molecular formula is C16H18N2O2S2. The van der Waals surface area contributed by atoms with Crippen LogP contribution in [0.1, 0.15) is 20.8 Å². The van der Waals surface area contributed by atoms with E-state index in [1.807, 2.05) is 25.1 Å². The molecule has 2 N–H and O–H groups in total. The SMILES string of the molecule is COC(=O)c1cc(C)sc1NC(=S)NCCc1ccccc1. The summed E-state index contributed by atoms with van der Waals surface area (Å²) in [5, 5.41) is 7.43. The summed E-state index contributed by atoms with van der Waals surface area (Å²) in [4.78, 5) is 12.7. The zero-order valence-corrected chi connectivity index (χ0v) is 14.1. The molecule has 1 aromatic carbocycles. The minimum absolute atomic E-state index is 0.362. The number of thiocarbonyl (C=S) groups is 1. The number of hydrogen-bond donors (Lipinski definition) is 2. The van der Waals surface area contributed by atoms with Crippen LogP contribution in [-0.2, 0) is 11.2 Å². The number of hydrogen-bond acceptors (Lipinski definition) is 4. The van der Waals surface area contributed by atoms with Crippen LogP contribution in [-0.4, -0.2) is 24.7 Å². The van der Waals surface area contributed by atoms with E-state index in [2.05, 4.69) is 22.8 Å². The fraction of sp³-hybridized carbons (Fsp3) is 0.250. The van der Waals surface area contributed by atoms with Crippen molar-refractivity contribution in [2.24, 2.45) is 0 Å². The first kappa shape index (κ1) is 16.5. The summed E-state index contributed by atoms with van der Waals surface area (Å²) in [6, 6.07) is 12.0. The molecule has 0 saturated carbocycles. The second-order valence-corrected chi connectivity index (χ2v) is 6.37. The van der Waals surface area contributed by atoms with E-state index in [0.29, 0.717) is 15.7 Å². The molecule has 0 fully saturated rings. The van der Waals surface area contributed by atoms with Crippen molar-refractivity contribution in [1.29, 1.82) is 0 Å². The minimum Gasteiger partial charge on any atom is -0.465 e. The molecule has 0 amide bonds. The van der Waals surface area contributed by atoms with Gasteiger partial charge in [-0.2, -0.15) is 0 Å². The van der Waals surface area contributed by atoms with Crippen molar-refractivity contribution >= 4 is 39.6 Å². The van der Waals surface area contributed by atoms with E-state index in [4.69, 9.17) is 17.0 Å².